The summed E-state index contributed by atoms with van der Waals surface area (Å²) >= 11 is 5.25. The molecule has 2 aromatic rings. The molecule has 1 aromatic heterocycles. The summed E-state index contributed by atoms with van der Waals surface area (Å²) in [6.07, 6.45) is 2.07. The number of rotatable bonds is 3. The monoisotopic (exact) mass is 232 g/mol. The number of hydrogen-bond donors (Lipinski definition) is 1. The van der Waals surface area contributed by atoms with Crippen molar-refractivity contribution in [2.24, 2.45) is 0 Å². The van der Waals surface area contributed by atoms with Crippen molar-refractivity contribution < 1.29 is 0 Å². The van der Waals surface area contributed by atoms with Crippen LogP contribution in [0.2, 0.25) is 0 Å². The number of aromatic amines is 1. The van der Waals surface area contributed by atoms with Gasteiger partial charge in [-0.1, -0.05) is 37.3 Å². The zero-order valence-electron chi connectivity index (χ0n) is 9.60. The van der Waals surface area contributed by atoms with E-state index in [1.165, 1.54) is 5.56 Å². The van der Waals surface area contributed by atoms with Gasteiger partial charge in [0.25, 0.3) is 0 Å². The highest BCUT2D eigenvalue weighted by atomic mass is 32.1. The van der Waals surface area contributed by atoms with E-state index in [-0.39, 0.29) is 0 Å². The second-order valence-corrected chi connectivity index (χ2v) is 4.59. The molecule has 0 radical (unpaired) electrons. The summed E-state index contributed by atoms with van der Waals surface area (Å²) in [6.45, 7) is 5.17. The van der Waals surface area contributed by atoms with Crippen LogP contribution in [-0.2, 0) is 6.54 Å². The standard InChI is InChI=1S/C13H16N2S/c1-10(12-6-4-3-5-7-12)8-15-9-11(2)14-13(15)16/h3-7,9-10H,8H2,1-2H3,(H,14,16). The second kappa shape index (κ2) is 4.66. The van der Waals surface area contributed by atoms with Gasteiger partial charge in [0.15, 0.2) is 4.77 Å². The van der Waals surface area contributed by atoms with Gasteiger partial charge in [-0.3, -0.25) is 0 Å². The molecule has 16 heavy (non-hydrogen) atoms. The van der Waals surface area contributed by atoms with Gasteiger partial charge in [0.2, 0.25) is 0 Å². The topological polar surface area (TPSA) is 20.7 Å². The predicted molar refractivity (Wildman–Crippen MR) is 69.2 cm³/mol. The molecule has 3 heteroatoms. The van der Waals surface area contributed by atoms with Crippen LogP contribution in [0.25, 0.3) is 0 Å². The minimum absolute atomic E-state index is 0.475. The van der Waals surface area contributed by atoms with Crippen molar-refractivity contribution in [3.05, 3.63) is 52.6 Å². The van der Waals surface area contributed by atoms with E-state index in [0.29, 0.717) is 5.92 Å². The molecule has 1 aromatic carbocycles. The summed E-state index contributed by atoms with van der Waals surface area (Å²) < 4.78 is 2.91. The van der Waals surface area contributed by atoms with E-state index in [2.05, 4.69) is 46.9 Å². The van der Waals surface area contributed by atoms with Crippen LogP contribution >= 0.6 is 12.2 Å². The number of aromatic nitrogens is 2. The number of nitrogens with zero attached hydrogens (tertiary/aromatic N) is 1. The summed E-state index contributed by atoms with van der Waals surface area (Å²) in [7, 11) is 0. The van der Waals surface area contributed by atoms with Crippen molar-refractivity contribution in [1.29, 1.82) is 0 Å². The third-order valence-electron chi connectivity index (χ3n) is 2.75. The molecule has 1 unspecified atom stereocenters. The molecule has 2 nitrogen and oxygen atoms in total. The Hall–Kier alpha value is -1.35. The first-order chi connectivity index (χ1) is 7.66. The molecule has 2 rings (SSSR count). The molecule has 0 fully saturated rings. The Labute approximate surface area is 101 Å². The third kappa shape index (κ3) is 2.42. The van der Waals surface area contributed by atoms with Crippen LogP contribution < -0.4 is 0 Å². The van der Waals surface area contributed by atoms with Crippen LogP contribution in [0.15, 0.2) is 36.5 Å². The Bertz CT molecular complexity index is 510. The average molecular weight is 232 g/mol. The van der Waals surface area contributed by atoms with Gasteiger partial charge in [0.05, 0.1) is 0 Å². The molecule has 0 aliphatic carbocycles. The van der Waals surface area contributed by atoms with E-state index in [1.54, 1.807) is 0 Å². The maximum atomic E-state index is 5.25. The molecule has 0 bridgehead atoms. The molecule has 0 aliphatic heterocycles. The van der Waals surface area contributed by atoms with E-state index in [1.807, 2.05) is 13.0 Å². The van der Waals surface area contributed by atoms with Crippen molar-refractivity contribution in [1.82, 2.24) is 9.55 Å². The van der Waals surface area contributed by atoms with Crippen LogP contribution in [0, 0.1) is 11.7 Å². The molecular formula is C13H16N2S. The lowest BCUT2D eigenvalue weighted by Gasteiger charge is -2.12. The first kappa shape index (κ1) is 11.1. The highest BCUT2D eigenvalue weighted by Crippen LogP contribution is 2.17. The molecule has 1 atom stereocenters. The number of aryl methyl sites for hydroxylation is 1. The van der Waals surface area contributed by atoms with Crippen LogP contribution in [0.4, 0.5) is 0 Å². The van der Waals surface area contributed by atoms with Crippen molar-refractivity contribution in [3.8, 4) is 0 Å². The maximum absolute atomic E-state index is 5.25. The summed E-state index contributed by atoms with van der Waals surface area (Å²) in [5.74, 6) is 0.475. The number of H-pyrrole nitrogens is 1. The number of benzene rings is 1. The first-order valence-electron chi connectivity index (χ1n) is 5.48. The SMILES string of the molecule is Cc1cn(CC(C)c2ccccc2)c(=S)[nH]1. The Kier molecular flexibility index (Phi) is 3.25. The fraction of sp³-hybridized carbons (Fsp3) is 0.308. The van der Waals surface area contributed by atoms with Crippen LogP contribution in [-0.4, -0.2) is 9.55 Å². The van der Waals surface area contributed by atoms with Crippen molar-refractivity contribution in [2.45, 2.75) is 26.3 Å². The Morgan fingerprint density at radius 1 is 1.31 bits per heavy atom. The smallest absolute Gasteiger partial charge is 0.177 e. The zero-order chi connectivity index (χ0) is 11.5. The minimum atomic E-state index is 0.475. The molecule has 0 saturated heterocycles. The first-order valence-corrected chi connectivity index (χ1v) is 5.88. The van der Waals surface area contributed by atoms with E-state index in [9.17, 15) is 0 Å². The van der Waals surface area contributed by atoms with E-state index >= 15 is 0 Å². The van der Waals surface area contributed by atoms with Gasteiger partial charge < -0.3 is 9.55 Å². The van der Waals surface area contributed by atoms with Crippen molar-refractivity contribution >= 4 is 12.2 Å². The Morgan fingerprint density at radius 3 is 2.56 bits per heavy atom. The number of hydrogen-bond acceptors (Lipinski definition) is 1. The van der Waals surface area contributed by atoms with Crippen LogP contribution in [0.1, 0.15) is 24.1 Å². The molecular weight excluding hydrogens is 216 g/mol. The summed E-state index contributed by atoms with van der Waals surface area (Å²) in [5, 5.41) is 0. The average Bonchev–Trinajstić information content (AvgIpc) is 2.59. The number of imidazole rings is 1. The lowest BCUT2D eigenvalue weighted by Crippen LogP contribution is -2.05. The summed E-state index contributed by atoms with van der Waals surface area (Å²) in [4.78, 5) is 3.14. The Morgan fingerprint density at radius 2 is 2.00 bits per heavy atom. The zero-order valence-corrected chi connectivity index (χ0v) is 10.4. The lowest BCUT2D eigenvalue weighted by atomic mass is 10.0. The molecule has 0 saturated carbocycles. The molecule has 0 amide bonds. The van der Waals surface area contributed by atoms with Gasteiger partial charge >= 0.3 is 0 Å². The van der Waals surface area contributed by atoms with Gasteiger partial charge in [-0.2, -0.15) is 0 Å². The quantitative estimate of drug-likeness (QED) is 0.801. The highest BCUT2D eigenvalue weighted by Gasteiger charge is 2.06. The lowest BCUT2D eigenvalue weighted by molar-refractivity contribution is 0.591. The van der Waals surface area contributed by atoms with Crippen LogP contribution in [0.3, 0.4) is 0 Å². The van der Waals surface area contributed by atoms with Crippen molar-refractivity contribution in [3.63, 3.8) is 0 Å². The normalized spacial score (nSPS) is 12.6. The second-order valence-electron chi connectivity index (χ2n) is 4.21. The van der Waals surface area contributed by atoms with Gasteiger partial charge in [-0.15, -0.1) is 0 Å². The van der Waals surface area contributed by atoms with E-state index in [4.69, 9.17) is 12.2 Å². The maximum Gasteiger partial charge on any atom is 0.177 e. The predicted octanol–water partition coefficient (Wildman–Crippen LogP) is 3.66. The minimum Gasteiger partial charge on any atom is -0.335 e. The molecule has 1 heterocycles. The molecule has 0 spiro atoms. The summed E-state index contributed by atoms with van der Waals surface area (Å²) in [6, 6.07) is 10.5. The largest absolute Gasteiger partial charge is 0.335 e. The van der Waals surface area contributed by atoms with Gasteiger partial charge in [-0.05, 0) is 30.6 Å². The highest BCUT2D eigenvalue weighted by molar-refractivity contribution is 7.71. The van der Waals surface area contributed by atoms with Gasteiger partial charge in [0.1, 0.15) is 0 Å². The molecule has 0 aliphatic rings. The number of nitrogens with one attached hydrogen (secondary N) is 1. The third-order valence-corrected chi connectivity index (χ3v) is 3.09. The fourth-order valence-corrected chi connectivity index (χ4v) is 2.17. The molecule has 84 valence electrons. The van der Waals surface area contributed by atoms with Crippen LogP contribution in [0.5, 0.6) is 0 Å². The van der Waals surface area contributed by atoms with Crippen molar-refractivity contribution in [2.75, 3.05) is 0 Å². The molecule has 1 N–H and O–H groups in total. The van der Waals surface area contributed by atoms with Gasteiger partial charge in [0, 0.05) is 18.4 Å². The van der Waals surface area contributed by atoms with E-state index < -0.39 is 0 Å². The Balaban J connectivity index is 2.17. The van der Waals surface area contributed by atoms with E-state index in [0.717, 1.165) is 17.0 Å². The summed E-state index contributed by atoms with van der Waals surface area (Å²) in [5.41, 5.74) is 2.47. The van der Waals surface area contributed by atoms with Gasteiger partial charge in [-0.25, -0.2) is 0 Å². The fourth-order valence-electron chi connectivity index (χ4n) is 1.88.